The number of sulfonamides is 1. The lowest BCUT2D eigenvalue weighted by Crippen LogP contribution is -2.47. The van der Waals surface area contributed by atoms with Gasteiger partial charge >= 0.3 is 0 Å². The minimum absolute atomic E-state index is 0.00859. The number of allylic oxidation sites excluding steroid dienone is 1. The molecule has 11 nitrogen and oxygen atoms in total. The van der Waals surface area contributed by atoms with Crippen molar-refractivity contribution in [1.29, 1.82) is 0 Å². The van der Waals surface area contributed by atoms with E-state index in [0.717, 1.165) is 117 Å². The molecule has 2 fully saturated rings. The van der Waals surface area contributed by atoms with Crippen LogP contribution >= 0.6 is 11.6 Å². The van der Waals surface area contributed by atoms with Gasteiger partial charge in [0.2, 0.25) is 0 Å². The van der Waals surface area contributed by atoms with E-state index in [9.17, 15) is 18.3 Å². The molecule has 1 aromatic heterocycles. The number of aromatic nitrogens is 2. The van der Waals surface area contributed by atoms with Crippen LogP contribution in [0.5, 0.6) is 11.5 Å². The molecule has 0 unspecified atom stereocenters. The number of piperazine rings is 1. The Balaban J connectivity index is 0.981. The second kappa shape index (κ2) is 17.5. The Hall–Kier alpha value is -4.88. The summed E-state index contributed by atoms with van der Waals surface area (Å²) in [5.41, 5.74) is 7.17. The van der Waals surface area contributed by atoms with Crippen LogP contribution in [0.4, 0.5) is 11.4 Å². The number of aromatic amines is 1. The predicted molar refractivity (Wildman–Crippen MR) is 244 cm³/mol. The standard InChI is InChI=1S/C48H57ClN6O5S/c1-32-26-38(13-15-42(32)50-29-33-16-20-48(4,57)21-17-33)61(58,59)53-46(56)39-14-12-37(27-45(39)60-44-7-5-6-43-41(44)30-51-52-43)55-24-22-54(23-25-55)31-35-18-19-47(2,3)28-40(35)34-8-10-36(49)11-9-34/h5-15,26-27,30,33,50,57H,16-25,28-29,31H2,1-4H3,(H,51,52)(H,53,56)/t33-,48-. The molecule has 4 aromatic carbocycles. The van der Waals surface area contributed by atoms with Crippen molar-refractivity contribution >= 4 is 55.4 Å². The third-order valence-corrected chi connectivity index (χ3v) is 14.5. The number of anilines is 2. The Labute approximate surface area is 364 Å². The lowest BCUT2D eigenvalue weighted by molar-refractivity contribution is 0.00976. The molecule has 3 aliphatic rings. The Bertz CT molecular complexity index is 2530. The summed E-state index contributed by atoms with van der Waals surface area (Å²) >= 11 is 6.25. The van der Waals surface area contributed by atoms with Gasteiger partial charge in [0.15, 0.2) is 0 Å². The highest BCUT2D eigenvalue weighted by Crippen LogP contribution is 2.44. The number of nitrogens with zero attached hydrogens (tertiary/aromatic N) is 3. The van der Waals surface area contributed by atoms with Crippen molar-refractivity contribution in [3.63, 3.8) is 0 Å². The van der Waals surface area contributed by atoms with Gasteiger partial charge < -0.3 is 20.1 Å². The molecule has 2 aliphatic carbocycles. The zero-order valence-electron chi connectivity index (χ0n) is 35.6. The second-order valence-corrected chi connectivity index (χ2v) is 20.4. The summed E-state index contributed by atoms with van der Waals surface area (Å²) in [6.45, 7) is 13.4. The van der Waals surface area contributed by atoms with Gasteiger partial charge in [-0.05, 0) is 141 Å². The van der Waals surface area contributed by atoms with E-state index in [1.807, 2.05) is 50.2 Å². The first-order valence-electron chi connectivity index (χ1n) is 21.4. The van der Waals surface area contributed by atoms with E-state index < -0.39 is 21.5 Å². The van der Waals surface area contributed by atoms with Gasteiger partial charge in [0, 0.05) is 61.7 Å². The molecular formula is C48H57ClN6O5S. The van der Waals surface area contributed by atoms with E-state index in [2.05, 4.69) is 56.0 Å². The predicted octanol–water partition coefficient (Wildman–Crippen LogP) is 9.57. The molecule has 2 heterocycles. The number of aliphatic hydroxyl groups is 1. The van der Waals surface area contributed by atoms with Gasteiger partial charge in [-0.1, -0.05) is 49.2 Å². The van der Waals surface area contributed by atoms with Crippen molar-refractivity contribution in [3.8, 4) is 11.5 Å². The summed E-state index contributed by atoms with van der Waals surface area (Å²) < 4.78 is 36.3. The number of halogens is 1. The Kier molecular flexibility index (Phi) is 12.3. The minimum atomic E-state index is -4.24. The summed E-state index contributed by atoms with van der Waals surface area (Å²) in [6.07, 6.45) is 8.34. The highest BCUT2D eigenvalue weighted by molar-refractivity contribution is 7.90. The Morgan fingerprint density at radius 3 is 2.44 bits per heavy atom. The molecule has 1 saturated heterocycles. The van der Waals surface area contributed by atoms with E-state index in [-0.39, 0.29) is 21.6 Å². The smallest absolute Gasteiger partial charge is 0.268 e. The first-order chi connectivity index (χ1) is 29.1. The maximum atomic E-state index is 14.0. The third kappa shape index (κ3) is 10.1. The number of nitrogens with one attached hydrogen (secondary N) is 3. The number of amides is 1. The summed E-state index contributed by atoms with van der Waals surface area (Å²) in [5.74, 6) is 0.369. The molecule has 0 spiro atoms. The molecule has 1 amide bonds. The number of hydrogen-bond donors (Lipinski definition) is 4. The lowest BCUT2D eigenvalue weighted by Gasteiger charge is -2.39. The van der Waals surface area contributed by atoms with Gasteiger partial charge in [-0.25, -0.2) is 13.1 Å². The molecule has 0 bridgehead atoms. The van der Waals surface area contributed by atoms with Crippen molar-refractivity contribution < 1.29 is 23.1 Å². The van der Waals surface area contributed by atoms with Crippen LogP contribution in [0.15, 0.2) is 95.5 Å². The number of H-pyrrole nitrogens is 1. The minimum Gasteiger partial charge on any atom is -0.456 e. The van der Waals surface area contributed by atoms with Crippen LogP contribution in [0.2, 0.25) is 5.02 Å². The summed E-state index contributed by atoms with van der Waals surface area (Å²) in [5, 5.41) is 22.4. The van der Waals surface area contributed by atoms with Crippen LogP contribution in [0.3, 0.4) is 0 Å². The van der Waals surface area contributed by atoms with E-state index >= 15 is 0 Å². The molecular weight excluding hydrogens is 808 g/mol. The number of carbonyl (C=O) groups excluding carboxylic acids is 1. The van der Waals surface area contributed by atoms with Crippen LogP contribution in [-0.2, 0) is 10.0 Å². The molecule has 0 atom stereocenters. The molecule has 1 aliphatic heterocycles. The molecule has 1 saturated carbocycles. The van der Waals surface area contributed by atoms with E-state index in [1.165, 1.54) is 22.8 Å². The molecule has 322 valence electrons. The SMILES string of the molecule is Cc1cc(S(=O)(=O)NC(=O)c2ccc(N3CCN(CC4=C(c5ccc(Cl)cc5)CC(C)(C)CC4)CC3)cc2Oc2cccc3[nH]ncc23)ccc1NC[C@H]1CC[C@](C)(O)CC1. The number of ether oxygens (including phenoxy) is 1. The largest absolute Gasteiger partial charge is 0.456 e. The fraction of sp³-hybridized carbons (Fsp3) is 0.417. The molecule has 0 radical (unpaired) electrons. The third-order valence-electron chi connectivity index (χ3n) is 12.9. The summed E-state index contributed by atoms with van der Waals surface area (Å²) in [6, 6.07) is 24.0. The van der Waals surface area contributed by atoms with Crippen LogP contribution in [0.25, 0.3) is 16.5 Å². The molecule has 13 heteroatoms. The molecule has 4 N–H and O–H groups in total. The van der Waals surface area contributed by atoms with Crippen LogP contribution < -0.4 is 19.7 Å². The normalized spacial score (nSPS) is 21.1. The Morgan fingerprint density at radius 2 is 1.70 bits per heavy atom. The number of carbonyl (C=O) groups is 1. The summed E-state index contributed by atoms with van der Waals surface area (Å²) in [4.78, 5) is 18.8. The van der Waals surface area contributed by atoms with E-state index in [0.29, 0.717) is 11.7 Å². The maximum Gasteiger partial charge on any atom is 0.268 e. The van der Waals surface area contributed by atoms with Gasteiger partial charge in [-0.3, -0.25) is 14.8 Å². The fourth-order valence-corrected chi connectivity index (χ4v) is 10.2. The van der Waals surface area contributed by atoms with E-state index in [4.69, 9.17) is 16.3 Å². The van der Waals surface area contributed by atoms with Gasteiger partial charge in [-0.15, -0.1) is 0 Å². The number of rotatable bonds is 12. The number of aryl methyl sites for hydroxylation is 1. The highest BCUT2D eigenvalue weighted by Gasteiger charge is 2.31. The average Bonchev–Trinajstić information content (AvgIpc) is 3.72. The van der Waals surface area contributed by atoms with Crippen LogP contribution in [0.1, 0.15) is 87.2 Å². The average molecular weight is 866 g/mol. The van der Waals surface area contributed by atoms with Crippen molar-refractivity contribution in [3.05, 3.63) is 112 Å². The van der Waals surface area contributed by atoms with Crippen molar-refractivity contribution in [2.75, 3.05) is 49.5 Å². The van der Waals surface area contributed by atoms with Crippen molar-refractivity contribution in [2.24, 2.45) is 11.3 Å². The fourth-order valence-electron chi connectivity index (χ4n) is 9.02. The zero-order chi connectivity index (χ0) is 42.9. The molecule has 61 heavy (non-hydrogen) atoms. The number of benzene rings is 4. The molecule has 8 rings (SSSR count). The van der Waals surface area contributed by atoms with Gasteiger partial charge in [0.25, 0.3) is 15.9 Å². The highest BCUT2D eigenvalue weighted by atomic mass is 35.5. The number of fused-ring (bicyclic) bond motifs is 1. The zero-order valence-corrected chi connectivity index (χ0v) is 37.1. The van der Waals surface area contributed by atoms with Gasteiger partial charge in [0.1, 0.15) is 11.5 Å². The van der Waals surface area contributed by atoms with Crippen molar-refractivity contribution in [2.45, 2.75) is 83.1 Å². The van der Waals surface area contributed by atoms with Crippen molar-refractivity contribution in [1.82, 2.24) is 19.8 Å². The second-order valence-electron chi connectivity index (χ2n) is 18.3. The first kappa shape index (κ1) is 42.8. The maximum absolute atomic E-state index is 14.0. The topological polar surface area (TPSA) is 140 Å². The first-order valence-corrected chi connectivity index (χ1v) is 23.3. The monoisotopic (exact) mass is 864 g/mol. The summed E-state index contributed by atoms with van der Waals surface area (Å²) in [7, 11) is -4.24. The lowest BCUT2D eigenvalue weighted by atomic mass is 9.72. The number of hydrogen-bond acceptors (Lipinski definition) is 9. The quantitative estimate of drug-likeness (QED) is 0.0966. The van der Waals surface area contributed by atoms with E-state index in [1.54, 1.807) is 30.5 Å². The molecule has 5 aromatic rings. The van der Waals surface area contributed by atoms with Crippen LogP contribution in [-0.4, -0.2) is 79.4 Å². The van der Waals surface area contributed by atoms with Gasteiger partial charge in [-0.2, -0.15) is 5.10 Å². The van der Waals surface area contributed by atoms with Crippen LogP contribution in [0, 0.1) is 18.3 Å². The van der Waals surface area contributed by atoms with Gasteiger partial charge in [0.05, 0.1) is 33.2 Å². The Morgan fingerprint density at radius 1 is 0.951 bits per heavy atom.